The highest BCUT2D eigenvalue weighted by Crippen LogP contribution is 2.28. The van der Waals surface area contributed by atoms with E-state index in [9.17, 15) is 15.2 Å². The lowest BCUT2D eigenvalue weighted by atomic mass is 9.98. The van der Waals surface area contributed by atoms with Crippen molar-refractivity contribution < 1.29 is 10.0 Å². The van der Waals surface area contributed by atoms with E-state index in [1.165, 1.54) is 17.7 Å². The van der Waals surface area contributed by atoms with Gasteiger partial charge >= 0.3 is 0 Å². The highest BCUT2D eigenvalue weighted by Gasteiger charge is 2.14. The van der Waals surface area contributed by atoms with Crippen molar-refractivity contribution in [3.05, 3.63) is 64.2 Å². The summed E-state index contributed by atoms with van der Waals surface area (Å²) in [5.74, 6) is 0.264. The molecule has 2 N–H and O–H groups in total. The minimum absolute atomic E-state index is 0.107. The Bertz CT molecular complexity index is 614. The molecule has 0 amide bonds. The van der Waals surface area contributed by atoms with Gasteiger partial charge in [0.15, 0.2) is 0 Å². The highest BCUT2D eigenvalue weighted by molar-refractivity contribution is 5.63. The number of nitro groups is 1. The van der Waals surface area contributed by atoms with Crippen LogP contribution in [0.1, 0.15) is 24.8 Å². The quantitative estimate of drug-likeness (QED) is 0.479. The van der Waals surface area contributed by atoms with Crippen LogP contribution in [0.5, 0.6) is 5.75 Å². The molecule has 0 aliphatic rings. The van der Waals surface area contributed by atoms with Gasteiger partial charge in [0.05, 0.1) is 11.0 Å². The second-order valence-corrected chi connectivity index (χ2v) is 4.99. The van der Waals surface area contributed by atoms with Gasteiger partial charge in [-0.05, 0) is 30.0 Å². The van der Waals surface area contributed by atoms with E-state index < -0.39 is 4.92 Å². The van der Waals surface area contributed by atoms with Crippen molar-refractivity contribution in [3.8, 4) is 5.75 Å². The molecule has 1 unspecified atom stereocenters. The fourth-order valence-electron chi connectivity index (χ4n) is 2.19. The molecule has 0 spiro atoms. The minimum Gasteiger partial charge on any atom is -0.508 e. The van der Waals surface area contributed by atoms with E-state index in [0.29, 0.717) is 18.2 Å². The van der Waals surface area contributed by atoms with Gasteiger partial charge in [0.1, 0.15) is 11.4 Å². The molecule has 21 heavy (non-hydrogen) atoms. The number of anilines is 1. The summed E-state index contributed by atoms with van der Waals surface area (Å²) in [7, 11) is 0. The summed E-state index contributed by atoms with van der Waals surface area (Å²) in [6, 6.07) is 14.3. The van der Waals surface area contributed by atoms with Crippen molar-refractivity contribution in [3.63, 3.8) is 0 Å². The number of rotatable bonds is 6. The first-order valence-electron chi connectivity index (χ1n) is 6.84. The Labute approximate surface area is 123 Å². The molecular formula is C16H18N2O3. The van der Waals surface area contributed by atoms with Crippen molar-refractivity contribution >= 4 is 11.4 Å². The van der Waals surface area contributed by atoms with Crippen LogP contribution in [-0.2, 0) is 0 Å². The normalized spacial score (nSPS) is 11.9. The van der Waals surface area contributed by atoms with E-state index in [1.54, 1.807) is 0 Å². The van der Waals surface area contributed by atoms with E-state index in [2.05, 4.69) is 24.4 Å². The highest BCUT2D eigenvalue weighted by atomic mass is 16.6. The van der Waals surface area contributed by atoms with Crippen molar-refractivity contribution in [1.82, 2.24) is 0 Å². The maximum absolute atomic E-state index is 10.9. The zero-order valence-electron chi connectivity index (χ0n) is 11.8. The molecule has 0 aliphatic carbocycles. The fourth-order valence-corrected chi connectivity index (χ4v) is 2.19. The summed E-state index contributed by atoms with van der Waals surface area (Å²) in [4.78, 5) is 10.4. The van der Waals surface area contributed by atoms with Gasteiger partial charge in [-0.25, -0.2) is 0 Å². The molecule has 0 saturated carbocycles. The van der Waals surface area contributed by atoms with Gasteiger partial charge in [-0.1, -0.05) is 37.3 Å². The first-order chi connectivity index (χ1) is 10.1. The SMILES string of the molecule is CC(CCNc1ccc(O)cc1[N+](=O)[O-])c1ccccc1. The Kier molecular flexibility index (Phi) is 4.77. The number of benzene rings is 2. The molecule has 2 aromatic rings. The summed E-state index contributed by atoms with van der Waals surface area (Å²) >= 11 is 0. The Morgan fingerprint density at radius 1 is 1.24 bits per heavy atom. The van der Waals surface area contributed by atoms with Crippen LogP contribution in [0.2, 0.25) is 0 Å². The molecule has 110 valence electrons. The predicted molar refractivity (Wildman–Crippen MR) is 82.7 cm³/mol. The number of aromatic hydroxyl groups is 1. The minimum atomic E-state index is -0.497. The Morgan fingerprint density at radius 3 is 2.62 bits per heavy atom. The molecule has 0 saturated heterocycles. The molecule has 0 fully saturated rings. The molecular weight excluding hydrogens is 268 g/mol. The largest absolute Gasteiger partial charge is 0.508 e. The van der Waals surface area contributed by atoms with Crippen molar-refractivity contribution in [2.24, 2.45) is 0 Å². The molecule has 0 bridgehead atoms. The molecule has 0 aliphatic heterocycles. The number of nitro benzene ring substituents is 1. The number of hydrogen-bond acceptors (Lipinski definition) is 4. The second-order valence-electron chi connectivity index (χ2n) is 4.99. The zero-order valence-corrected chi connectivity index (χ0v) is 11.8. The number of nitrogens with one attached hydrogen (secondary N) is 1. The Morgan fingerprint density at radius 2 is 1.95 bits per heavy atom. The maximum atomic E-state index is 10.9. The second kappa shape index (κ2) is 6.74. The predicted octanol–water partition coefficient (Wildman–Crippen LogP) is 3.91. The van der Waals surface area contributed by atoms with E-state index in [0.717, 1.165) is 12.5 Å². The van der Waals surface area contributed by atoms with Gasteiger partial charge in [-0.2, -0.15) is 0 Å². The summed E-state index contributed by atoms with van der Waals surface area (Å²) in [6.07, 6.45) is 0.863. The Hall–Kier alpha value is -2.56. The third kappa shape index (κ3) is 3.95. The molecule has 2 aromatic carbocycles. The standard InChI is InChI=1S/C16H18N2O3/c1-12(13-5-3-2-4-6-13)9-10-17-15-8-7-14(19)11-16(15)18(20)21/h2-8,11-12,17,19H,9-10H2,1H3. The molecule has 2 rings (SSSR count). The number of phenolic OH excluding ortho intramolecular Hbond substituents is 1. The zero-order chi connectivity index (χ0) is 15.2. The topological polar surface area (TPSA) is 75.4 Å². The first kappa shape index (κ1) is 14.8. The van der Waals surface area contributed by atoms with Crippen LogP contribution >= 0.6 is 0 Å². The maximum Gasteiger partial charge on any atom is 0.296 e. The summed E-state index contributed by atoms with van der Waals surface area (Å²) in [6.45, 7) is 2.75. The van der Waals surface area contributed by atoms with Crippen LogP contribution in [0.3, 0.4) is 0 Å². The van der Waals surface area contributed by atoms with Crippen molar-refractivity contribution in [1.29, 1.82) is 0 Å². The molecule has 1 atom stereocenters. The lowest BCUT2D eigenvalue weighted by molar-refractivity contribution is -0.384. The third-order valence-corrected chi connectivity index (χ3v) is 3.44. The Balaban J connectivity index is 1.96. The van der Waals surface area contributed by atoms with Gasteiger partial charge in [-0.15, -0.1) is 0 Å². The van der Waals surface area contributed by atoms with Crippen molar-refractivity contribution in [2.75, 3.05) is 11.9 Å². The third-order valence-electron chi connectivity index (χ3n) is 3.44. The molecule has 0 heterocycles. The lowest BCUT2D eigenvalue weighted by Gasteiger charge is -2.13. The smallest absolute Gasteiger partial charge is 0.296 e. The summed E-state index contributed by atoms with van der Waals surface area (Å²) < 4.78 is 0. The van der Waals surface area contributed by atoms with Crippen LogP contribution in [0.4, 0.5) is 11.4 Å². The lowest BCUT2D eigenvalue weighted by Crippen LogP contribution is -2.07. The van der Waals surface area contributed by atoms with Crippen LogP contribution in [0, 0.1) is 10.1 Å². The van der Waals surface area contributed by atoms with Crippen LogP contribution < -0.4 is 5.32 Å². The van der Waals surface area contributed by atoms with E-state index >= 15 is 0 Å². The summed E-state index contributed by atoms with van der Waals surface area (Å²) in [5, 5.41) is 23.3. The summed E-state index contributed by atoms with van der Waals surface area (Å²) in [5.41, 5.74) is 1.57. The van der Waals surface area contributed by atoms with Crippen LogP contribution in [-0.4, -0.2) is 16.6 Å². The van der Waals surface area contributed by atoms with E-state index in [1.807, 2.05) is 18.2 Å². The van der Waals surface area contributed by atoms with E-state index in [-0.39, 0.29) is 11.4 Å². The van der Waals surface area contributed by atoms with E-state index in [4.69, 9.17) is 0 Å². The first-order valence-corrected chi connectivity index (χ1v) is 6.84. The number of nitrogens with zero attached hydrogens (tertiary/aromatic N) is 1. The average Bonchev–Trinajstić information content (AvgIpc) is 2.49. The van der Waals surface area contributed by atoms with Gasteiger partial charge in [0.2, 0.25) is 0 Å². The molecule has 0 aromatic heterocycles. The van der Waals surface area contributed by atoms with Gasteiger partial charge in [0.25, 0.3) is 5.69 Å². The number of hydrogen-bond donors (Lipinski definition) is 2. The van der Waals surface area contributed by atoms with Gasteiger partial charge < -0.3 is 10.4 Å². The average molecular weight is 286 g/mol. The van der Waals surface area contributed by atoms with Gasteiger partial charge in [0, 0.05) is 6.54 Å². The monoisotopic (exact) mass is 286 g/mol. The van der Waals surface area contributed by atoms with Gasteiger partial charge in [-0.3, -0.25) is 10.1 Å². The van der Waals surface area contributed by atoms with Crippen LogP contribution in [0.15, 0.2) is 48.5 Å². The fraction of sp³-hybridized carbons (Fsp3) is 0.250. The molecule has 0 radical (unpaired) electrons. The molecule has 5 nitrogen and oxygen atoms in total. The molecule has 5 heteroatoms. The van der Waals surface area contributed by atoms with Crippen molar-refractivity contribution in [2.45, 2.75) is 19.3 Å². The number of phenols is 1. The van der Waals surface area contributed by atoms with Crippen LogP contribution in [0.25, 0.3) is 0 Å².